The zero-order chi connectivity index (χ0) is 13.5. The summed E-state index contributed by atoms with van der Waals surface area (Å²) >= 11 is 0. The minimum Gasteiger partial charge on any atom is -0.465 e. The average Bonchev–Trinajstić information content (AvgIpc) is 2.37. The molecule has 0 aliphatic carbocycles. The molecule has 1 aromatic carbocycles. The lowest BCUT2D eigenvalue weighted by atomic mass is 9.97. The van der Waals surface area contributed by atoms with E-state index in [1.165, 1.54) is 13.2 Å². The molecule has 0 saturated heterocycles. The number of ether oxygens (including phenoxy) is 1. The highest BCUT2D eigenvalue weighted by Crippen LogP contribution is 2.20. The van der Waals surface area contributed by atoms with Crippen LogP contribution in [0.1, 0.15) is 35.2 Å². The van der Waals surface area contributed by atoms with E-state index in [9.17, 15) is 14.9 Å². The molecular formula is C13H15NO4. The van der Waals surface area contributed by atoms with E-state index in [-0.39, 0.29) is 11.9 Å². The maximum absolute atomic E-state index is 11.2. The third kappa shape index (κ3) is 4.01. The van der Waals surface area contributed by atoms with Gasteiger partial charge in [-0.25, -0.2) is 4.79 Å². The molecule has 18 heavy (non-hydrogen) atoms. The quantitative estimate of drug-likeness (QED) is 0.457. The molecule has 0 fully saturated rings. The lowest BCUT2D eigenvalue weighted by molar-refractivity contribution is -0.402. The molecule has 0 aromatic heterocycles. The molecule has 1 aromatic rings. The number of nitrogens with zero attached hydrogens (tertiary/aromatic N) is 1. The van der Waals surface area contributed by atoms with E-state index in [1.807, 2.05) is 19.1 Å². The molecule has 0 saturated carbocycles. The van der Waals surface area contributed by atoms with Crippen molar-refractivity contribution >= 4 is 5.97 Å². The van der Waals surface area contributed by atoms with Gasteiger partial charge in [-0.05, 0) is 36.1 Å². The van der Waals surface area contributed by atoms with Crippen LogP contribution in [0.15, 0.2) is 36.5 Å². The van der Waals surface area contributed by atoms with E-state index in [1.54, 1.807) is 12.1 Å². The molecule has 0 aliphatic rings. The second-order valence-electron chi connectivity index (χ2n) is 3.92. The summed E-state index contributed by atoms with van der Waals surface area (Å²) in [6.45, 7) is 1.97. The normalized spacial score (nSPS) is 12.3. The lowest BCUT2D eigenvalue weighted by Crippen LogP contribution is -2.01. The Kier molecular flexibility index (Phi) is 5.05. The average molecular weight is 249 g/mol. The summed E-state index contributed by atoms with van der Waals surface area (Å²) in [5, 5.41) is 10.1. The van der Waals surface area contributed by atoms with Gasteiger partial charge in [0, 0.05) is 0 Å². The smallest absolute Gasteiger partial charge is 0.337 e. The summed E-state index contributed by atoms with van der Waals surface area (Å²) < 4.78 is 4.60. The van der Waals surface area contributed by atoms with E-state index < -0.39 is 4.92 Å². The Bertz CT molecular complexity index is 451. The fraction of sp³-hybridized carbons (Fsp3) is 0.308. The zero-order valence-electron chi connectivity index (χ0n) is 10.3. The first-order chi connectivity index (χ1) is 8.54. The number of hydrogen-bond acceptors (Lipinski definition) is 4. The largest absolute Gasteiger partial charge is 0.465 e. The van der Waals surface area contributed by atoms with Gasteiger partial charge in [-0.2, -0.15) is 0 Å². The van der Waals surface area contributed by atoms with Crippen LogP contribution in [0.3, 0.4) is 0 Å². The molecule has 0 amide bonds. The van der Waals surface area contributed by atoms with Crippen LogP contribution in [-0.2, 0) is 4.74 Å². The van der Waals surface area contributed by atoms with E-state index >= 15 is 0 Å². The van der Waals surface area contributed by atoms with Crippen LogP contribution in [0.2, 0.25) is 0 Å². The van der Waals surface area contributed by atoms with Crippen molar-refractivity contribution in [2.75, 3.05) is 7.11 Å². The summed E-state index contributed by atoms with van der Waals surface area (Å²) in [6.07, 6.45) is 3.05. The van der Waals surface area contributed by atoms with Gasteiger partial charge in [-0.3, -0.25) is 10.1 Å². The van der Waals surface area contributed by atoms with Gasteiger partial charge < -0.3 is 4.74 Å². The molecular weight excluding hydrogens is 234 g/mol. The third-order valence-electron chi connectivity index (χ3n) is 2.62. The summed E-state index contributed by atoms with van der Waals surface area (Å²) in [5.41, 5.74) is 1.52. The van der Waals surface area contributed by atoms with Gasteiger partial charge in [0.2, 0.25) is 6.20 Å². The Balaban J connectivity index is 2.67. The molecule has 0 aliphatic heterocycles. The van der Waals surface area contributed by atoms with Crippen molar-refractivity contribution in [3.63, 3.8) is 0 Å². The van der Waals surface area contributed by atoms with Crippen LogP contribution in [0.25, 0.3) is 0 Å². The maximum atomic E-state index is 11.2. The second kappa shape index (κ2) is 6.54. The number of methoxy groups -OCH3 is 1. The topological polar surface area (TPSA) is 69.4 Å². The summed E-state index contributed by atoms with van der Waals surface area (Å²) in [7, 11) is 1.33. The Labute approximate surface area is 105 Å². The minimum absolute atomic E-state index is 0.160. The summed E-state index contributed by atoms with van der Waals surface area (Å²) in [6, 6.07) is 7.04. The zero-order valence-corrected chi connectivity index (χ0v) is 10.3. The van der Waals surface area contributed by atoms with Crippen molar-refractivity contribution in [1.82, 2.24) is 0 Å². The van der Waals surface area contributed by atoms with Gasteiger partial charge in [0.1, 0.15) is 0 Å². The van der Waals surface area contributed by atoms with Gasteiger partial charge in [-0.15, -0.1) is 0 Å². The van der Waals surface area contributed by atoms with Crippen molar-refractivity contribution in [2.24, 2.45) is 0 Å². The number of rotatable bonds is 5. The van der Waals surface area contributed by atoms with Crippen molar-refractivity contribution in [1.29, 1.82) is 0 Å². The molecule has 1 rings (SSSR count). The molecule has 0 N–H and O–H groups in total. The highest BCUT2D eigenvalue weighted by atomic mass is 16.6. The first kappa shape index (κ1) is 13.9. The number of carbonyl (C=O) groups excluding carboxylic acids is 1. The molecule has 0 radical (unpaired) electrons. The van der Waals surface area contributed by atoms with E-state index in [4.69, 9.17) is 0 Å². The van der Waals surface area contributed by atoms with Crippen LogP contribution in [0.4, 0.5) is 0 Å². The van der Waals surface area contributed by atoms with Gasteiger partial charge in [0.25, 0.3) is 0 Å². The minimum atomic E-state index is -0.479. The molecule has 0 spiro atoms. The number of allylic oxidation sites excluding steroid dienone is 1. The summed E-state index contributed by atoms with van der Waals surface area (Å²) in [4.78, 5) is 20.9. The van der Waals surface area contributed by atoms with Gasteiger partial charge in [-0.1, -0.05) is 19.1 Å². The first-order valence-electron chi connectivity index (χ1n) is 5.53. The monoisotopic (exact) mass is 249 g/mol. The highest BCUT2D eigenvalue weighted by molar-refractivity contribution is 5.89. The van der Waals surface area contributed by atoms with Gasteiger partial charge >= 0.3 is 5.97 Å². The predicted molar refractivity (Wildman–Crippen MR) is 66.9 cm³/mol. The SMILES string of the molecule is COC(=O)c1ccc(C(C)C/C=C/[N+](=O)[O-])cc1. The molecule has 0 bridgehead atoms. The lowest BCUT2D eigenvalue weighted by Gasteiger charge is -2.09. The molecule has 1 unspecified atom stereocenters. The van der Waals surface area contributed by atoms with E-state index in [2.05, 4.69) is 4.74 Å². The number of nitro groups is 1. The molecule has 5 nitrogen and oxygen atoms in total. The fourth-order valence-corrected chi connectivity index (χ4v) is 1.55. The van der Waals surface area contributed by atoms with Gasteiger partial charge in [0.15, 0.2) is 0 Å². The third-order valence-corrected chi connectivity index (χ3v) is 2.62. The van der Waals surface area contributed by atoms with Gasteiger partial charge in [0.05, 0.1) is 17.6 Å². The van der Waals surface area contributed by atoms with Crippen LogP contribution in [0.5, 0.6) is 0 Å². The second-order valence-corrected chi connectivity index (χ2v) is 3.92. The number of carbonyl (C=O) groups is 1. The van der Waals surface area contributed by atoms with Crippen molar-refractivity contribution in [3.8, 4) is 0 Å². The van der Waals surface area contributed by atoms with Crippen molar-refractivity contribution < 1.29 is 14.5 Å². The van der Waals surface area contributed by atoms with Crippen LogP contribution in [0, 0.1) is 10.1 Å². The Morgan fingerprint density at radius 3 is 2.56 bits per heavy atom. The van der Waals surface area contributed by atoms with E-state index in [0.717, 1.165) is 11.8 Å². The fourth-order valence-electron chi connectivity index (χ4n) is 1.55. The van der Waals surface area contributed by atoms with Crippen LogP contribution in [-0.4, -0.2) is 18.0 Å². The first-order valence-corrected chi connectivity index (χ1v) is 5.53. The Morgan fingerprint density at radius 2 is 2.06 bits per heavy atom. The van der Waals surface area contributed by atoms with Crippen LogP contribution >= 0.6 is 0 Å². The molecule has 1 atom stereocenters. The van der Waals surface area contributed by atoms with Crippen molar-refractivity contribution in [3.05, 3.63) is 57.8 Å². The molecule has 0 heterocycles. The predicted octanol–water partition coefficient (Wildman–Crippen LogP) is 2.76. The van der Waals surface area contributed by atoms with Crippen molar-refractivity contribution in [2.45, 2.75) is 19.3 Å². The summed E-state index contributed by atoms with van der Waals surface area (Å²) in [5.74, 6) is -0.213. The molecule has 96 valence electrons. The Morgan fingerprint density at radius 1 is 1.44 bits per heavy atom. The Hall–Kier alpha value is -2.17. The standard InChI is InChI=1S/C13H15NO4/c1-10(4-3-9-14(16)17)11-5-7-12(8-6-11)13(15)18-2/h3,5-10H,4H2,1-2H3/b9-3+. The molecule has 5 heteroatoms. The maximum Gasteiger partial charge on any atom is 0.337 e. The number of esters is 1. The number of benzene rings is 1. The highest BCUT2D eigenvalue weighted by Gasteiger charge is 2.07. The van der Waals surface area contributed by atoms with E-state index in [0.29, 0.717) is 12.0 Å². The van der Waals surface area contributed by atoms with Crippen LogP contribution < -0.4 is 0 Å². The number of hydrogen-bond donors (Lipinski definition) is 0.